The maximum Gasteiger partial charge on any atom is 0.306 e. The second-order valence-electron chi connectivity index (χ2n) is 4.40. The molecule has 1 fully saturated rings. The molecule has 1 aromatic rings. The third-order valence-corrected chi connectivity index (χ3v) is 4.20. The number of hydrogen-bond donors (Lipinski definition) is 0. The van der Waals surface area contributed by atoms with Gasteiger partial charge < -0.3 is 4.74 Å². The Morgan fingerprint density at radius 3 is 2.62 bits per heavy atom. The standard InChI is InChI=1S/C13H15BrO2/c1-9-3-4-11(7-10(9)2)13(8-14)6-5-12(15)16-13/h3-4,7H,5-6,8H2,1-2H3/t13-/m0/s1. The minimum atomic E-state index is -0.449. The molecule has 1 saturated heterocycles. The lowest BCUT2D eigenvalue weighted by molar-refractivity contribution is -0.147. The van der Waals surface area contributed by atoms with Gasteiger partial charge in [-0.1, -0.05) is 34.1 Å². The molecule has 0 saturated carbocycles. The summed E-state index contributed by atoms with van der Waals surface area (Å²) in [5.74, 6) is -0.0994. The quantitative estimate of drug-likeness (QED) is 0.615. The molecular formula is C13H15BrO2. The number of halogens is 1. The van der Waals surface area contributed by atoms with Crippen LogP contribution in [-0.2, 0) is 15.1 Å². The topological polar surface area (TPSA) is 26.3 Å². The maximum absolute atomic E-state index is 11.3. The van der Waals surface area contributed by atoms with Crippen LogP contribution in [0.25, 0.3) is 0 Å². The monoisotopic (exact) mass is 282 g/mol. The highest BCUT2D eigenvalue weighted by Crippen LogP contribution is 2.38. The van der Waals surface area contributed by atoms with E-state index in [0.717, 1.165) is 12.0 Å². The summed E-state index contributed by atoms with van der Waals surface area (Å²) in [5.41, 5.74) is 3.15. The van der Waals surface area contributed by atoms with E-state index in [-0.39, 0.29) is 5.97 Å². The zero-order chi connectivity index (χ0) is 11.8. The molecule has 1 aliphatic heterocycles. The Kier molecular flexibility index (Phi) is 3.06. The third-order valence-electron chi connectivity index (χ3n) is 3.29. The molecule has 0 spiro atoms. The summed E-state index contributed by atoms with van der Waals surface area (Å²) in [6, 6.07) is 6.26. The van der Waals surface area contributed by atoms with Gasteiger partial charge in [0.05, 0.1) is 0 Å². The number of alkyl halides is 1. The number of hydrogen-bond acceptors (Lipinski definition) is 2. The molecule has 2 rings (SSSR count). The lowest BCUT2D eigenvalue weighted by Gasteiger charge is -2.26. The van der Waals surface area contributed by atoms with Gasteiger partial charge >= 0.3 is 5.97 Å². The third kappa shape index (κ3) is 1.88. The summed E-state index contributed by atoms with van der Waals surface area (Å²) < 4.78 is 5.49. The number of cyclic esters (lactones) is 1. The second-order valence-corrected chi connectivity index (χ2v) is 4.96. The minimum Gasteiger partial charge on any atom is -0.453 e. The van der Waals surface area contributed by atoms with Gasteiger partial charge in [-0.05, 0) is 30.5 Å². The highest BCUT2D eigenvalue weighted by Gasteiger charge is 2.41. The van der Waals surface area contributed by atoms with Crippen molar-refractivity contribution >= 4 is 21.9 Å². The van der Waals surface area contributed by atoms with Gasteiger partial charge in [-0.25, -0.2) is 0 Å². The highest BCUT2D eigenvalue weighted by molar-refractivity contribution is 9.09. The summed E-state index contributed by atoms with van der Waals surface area (Å²) in [7, 11) is 0. The van der Waals surface area contributed by atoms with Crippen LogP contribution in [0.5, 0.6) is 0 Å². The smallest absolute Gasteiger partial charge is 0.306 e. The molecule has 3 heteroatoms. The lowest BCUT2D eigenvalue weighted by atomic mass is 9.90. The number of benzene rings is 1. The van der Waals surface area contributed by atoms with Crippen LogP contribution in [0.2, 0.25) is 0 Å². The van der Waals surface area contributed by atoms with Gasteiger partial charge in [-0.2, -0.15) is 0 Å². The summed E-state index contributed by atoms with van der Waals surface area (Å²) in [5, 5.41) is 0.661. The number of esters is 1. The Morgan fingerprint density at radius 1 is 1.38 bits per heavy atom. The first-order valence-electron chi connectivity index (χ1n) is 5.43. The molecule has 0 unspecified atom stereocenters. The van der Waals surface area contributed by atoms with E-state index in [2.05, 4.69) is 48.0 Å². The molecule has 1 aromatic carbocycles. The summed E-state index contributed by atoms with van der Waals surface area (Å²) in [4.78, 5) is 11.3. The SMILES string of the molecule is Cc1ccc([C@@]2(CBr)CCC(=O)O2)cc1C. The average Bonchev–Trinajstić information content (AvgIpc) is 2.65. The van der Waals surface area contributed by atoms with Crippen molar-refractivity contribution in [3.05, 3.63) is 34.9 Å². The molecular weight excluding hydrogens is 268 g/mol. The van der Waals surface area contributed by atoms with Crippen molar-refractivity contribution in [1.29, 1.82) is 0 Å². The molecule has 86 valence electrons. The molecule has 0 N–H and O–H groups in total. The van der Waals surface area contributed by atoms with Crippen molar-refractivity contribution in [3.63, 3.8) is 0 Å². The molecule has 2 nitrogen and oxygen atoms in total. The Labute approximate surface area is 104 Å². The van der Waals surface area contributed by atoms with Crippen molar-refractivity contribution in [2.24, 2.45) is 0 Å². The molecule has 0 radical (unpaired) electrons. The largest absolute Gasteiger partial charge is 0.453 e. The van der Waals surface area contributed by atoms with E-state index in [9.17, 15) is 4.79 Å². The Balaban J connectivity index is 2.41. The first-order valence-corrected chi connectivity index (χ1v) is 6.55. The van der Waals surface area contributed by atoms with Gasteiger partial charge in [0.25, 0.3) is 0 Å². The van der Waals surface area contributed by atoms with Gasteiger partial charge in [-0.3, -0.25) is 4.79 Å². The lowest BCUT2D eigenvalue weighted by Crippen LogP contribution is -2.27. The Hall–Kier alpha value is -0.830. The highest BCUT2D eigenvalue weighted by atomic mass is 79.9. The fraction of sp³-hybridized carbons (Fsp3) is 0.462. The van der Waals surface area contributed by atoms with Crippen LogP contribution in [-0.4, -0.2) is 11.3 Å². The minimum absolute atomic E-state index is 0.0994. The van der Waals surface area contributed by atoms with Crippen LogP contribution in [0.15, 0.2) is 18.2 Å². The molecule has 1 aliphatic rings. The van der Waals surface area contributed by atoms with E-state index >= 15 is 0 Å². The molecule has 0 aromatic heterocycles. The zero-order valence-electron chi connectivity index (χ0n) is 9.55. The van der Waals surface area contributed by atoms with Crippen LogP contribution in [0.3, 0.4) is 0 Å². The molecule has 1 atom stereocenters. The van der Waals surface area contributed by atoms with Gasteiger partial charge in [0.2, 0.25) is 0 Å². The summed E-state index contributed by atoms with van der Waals surface area (Å²) >= 11 is 3.46. The van der Waals surface area contributed by atoms with Crippen LogP contribution in [0.4, 0.5) is 0 Å². The average molecular weight is 283 g/mol. The maximum atomic E-state index is 11.3. The molecule has 0 amide bonds. The van der Waals surface area contributed by atoms with Crippen LogP contribution in [0.1, 0.15) is 29.5 Å². The fourth-order valence-corrected chi connectivity index (χ4v) is 2.74. The van der Waals surface area contributed by atoms with Crippen LogP contribution in [0, 0.1) is 13.8 Å². The fourth-order valence-electron chi connectivity index (χ4n) is 2.02. The van der Waals surface area contributed by atoms with Gasteiger partial charge in [0.15, 0.2) is 0 Å². The first kappa shape index (κ1) is 11.6. The van der Waals surface area contributed by atoms with Gasteiger partial charge in [-0.15, -0.1) is 0 Å². The number of rotatable bonds is 2. The van der Waals surface area contributed by atoms with Crippen LogP contribution < -0.4 is 0 Å². The van der Waals surface area contributed by atoms with Crippen LogP contribution >= 0.6 is 15.9 Å². The van der Waals surface area contributed by atoms with E-state index in [0.29, 0.717) is 11.8 Å². The van der Waals surface area contributed by atoms with E-state index < -0.39 is 5.60 Å². The van der Waals surface area contributed by atoms with Crippen molar-refractivity contribution < 1.29 is 9.53 Å². The van der Waals surface area contributed by atoms with Crippen molar-refractivity contribution in [2.45, 2.75) is 32.3 Å². The van der Waals surface area contributed by atoms with Gasteiger partial charge in [0, 0.05) is 18.2 Å². The number of carbonyl (C=O) groups excluding carboxylic acids is 1. The Morgan fingerprint density at radius 2 is 2.12 bits per heavy atom. The summed E-state index contributed by atoms with van der Waals surface area (Å²) in [6.07, 6.45) is 1.28. The summed E-state index contributed by atoms with van der Waals surface area (Å²) in [6.45, 7) is 4.16. The van der Waals surface area contributed by atoms with Crippen molar-refractivity contribution in [2.75, 3.05) is 5.33 Å². The second kappa shape index (κ2) is 4.21. The number of aryl methyl sites for hydroxylation is 2. The predicted octanol–water partition coefficient (Wildman–Crippen LogP) is 3.23. The van der Waals surface area contributed by atoms with Gasteiger partial charge in [0.1, 0.15) is 5.60 Å². The first-order chi connectivity index (χ1) is 7.57. The zero-order valence-corrected chi connectivity index (χ0v) is 11.1. The van der Waals surface area contributed by atoms with E-state index in [1.165, 1.54) is 11.1 Å². The molecule has 16 heavy (non-hydrogen) atoms. The Bertz CT molecular complexity index is 428. The number of carbonyl (C=O) groups is 1. The normalized spacial score (nSPS) is 24.6. The molecule has 0 bridgehead atoms. The van der Waals surface area contributed by atoms with E-state index in [1.54, 1.807) is 0 Å². The van der Waals surface area contributed by atoms with E-state index in [1.807, 2.05) is 0 Å². The predicted molar refractivity (Wildman–Crippen MR) is 66.7 cm³/mol. The molecule has 0 aliphatic carbocycles. The number of ether oxygens (including phenoxy) is 1. The van der Waals surface area contributed by atoms with Crippen molar-refractivity contribution in [3.8, 4) is 0 Å². The van der Waals surface area contributed by atoms with E-state index in [4.69, 9.17) is 4.74 Å². The van der Waals surface area contributed by atoms with Crippen molar-refractivity contribution in [1.82, 2.24) is 0 Å². The molecule has 1 heterocycles.